The minimum Gasteiger partial charge on any atom is -0.492 e. The molecule has 0 unspecified atom stereocenters. The molecule has 152 valence electrons. The van der Waals surface area contributed by atoms with Gasteiger partial charge in [0.05, 0.1) is 6.61 Å². The molecule has 0 radical (unpaired) electrons. The van der Waals surface area contributed by atoms with Crippen molar-refractivity contribution in [2.75, 3.05) is 37.7 Å². The topological polar surface area (TPSA) is 49.9 Å². The van der Waals surface area contributed by atoms with Crippen molar-refractivity contribution < 1.29 is 13.2 Å². The van der Waals surface area contributed by atoms with Crippen LogP contribution in [0.3, 0.4) is 0 Å². The molecule has 1 fully saturated rings. The molecule has 5 nitrogen and oxygen atoms in total. The van der Waals surface area contributed by atoms with E-state index < -0.39 is 10.0 Å². The van der Waals surface area contributed by atoms with Crippen molar-refractivity contribution in [3.8, 4) is 5.75 Å². The molecule has 1 aliphatic heterocycles. The monoisotopic (exact) mass is 402 g/mol. The summed E-state index contributed by atoms with van der Waals surface area (Å²) in [5, 5.41) is 0. The normalized spacial score (nSPS) is 16.2. The summed E-state index contributed by atoms with van der Waals surface area (Å²) in [6.07, 6.45) is 0. The van der Waals surface area contributed by atoms with Gasteiger partial charge in [-0.1, -0.05) is 45.0 Å². The second-order valence-corrected chi connectivity index (χ2v) is 9.98. The molecule has 3 rings (SSSR count). The third-order valence-electron chi connectivity index (χ3n) is 5.09. The fourth-order valence-electron chi connectivity index (χ4n) is 3.42. The number of hydrogen-bond acceptors (Lipinski definition) is 4. The maximum Gasteiger partial charge on any atom is 0.246 e. The maximum absolute atomic E-state index is 13.4. The molecule has 2 aromatic rings. The van der Waals surface area contributed by atoms with Crippen LogP contribution in [-0.2, 0) is 15.4 Å². The molecule has 0 atom stereocenters. The number of piperazine rings is 1. The molecular formula is C22H30N2O3S. The first-order valence-electron chi connectivity index (χ1n) is 9.81. The minimum absolute atomic E-state index is 0.138. The largest absolute Gasteiger partial charge is 0.492 e. The average Bonchev–Trinajstić information content (AvgIpc) is 2.68. The Kier molecular flexibility index (Phi) is 6.01. The summed E-state index contributed by atoms with van der Waals surface area (Å²) >= 11 is 0. The van der Waals surface area contributed by atoms with E-state index in [0.717, 1.165) is 11.3 Å². The van der Waals surface area contributed by atoms with Gasteiger partial charge >= 0.3 is 0 Å². The standard InChI is InChI=1S/C22H30N2O3S/c1-5-27-20-12-11-18(22(2,3)4)17-21(20)28(25,26)24-15-13-23(14-16-24)19-9-7-6-8-10-19/h6-12,17H,5,13-16H2,1-4H3. The van der Waals surface area contributed by atoms with Crippen LogP contribution in [0.5, 0.6) is 5.75 Å². The smallest absolute Gasteiger partial charge is 0.246 e. The van der Waals surface area contributed by atoms with E-state index in [1.807, 2.05) is 31.2 Å². The van der Waals surface area contributed by atoms with Crippen LogP contribution in [-0.4, -0.2) is 45.5 Å². The molecule has 0 bridgehead atoms. The molecule has 0 N–H and O–H groups in total. The maximum atomic E-state index is 13.4. The highest BCUT2D eigenvalue weighted by Gasteiger charge is 2.32. The molecule has 0 aliphatic carbocycles. The Morgan fingerprint density at radius 2 is 1.61 bits per heavy atom. The van der Waals surface area contributed by atoms with E-state index in [1.165, 1.54) is 0 Å². The predicted molar refractivity (Wildman–Crippen MR) is 114 cm³/mol. The molecule has 6 heteroatoms. The second-order valence-electron chi connectivity index (χ2n) is 8.07. The minimum atomic E-state index is -3.62. The van der Waals surface area contributed by atoms with Crippen molar-refractivity contribution in [3.05, 3.63) is 54.1 Å². The number of hydrogen-bond donors (Lipinski definition) is 0. The van der Waals surface area contributed by atoms with Crippen LogP contribution in [0.2, 0.25) is 0 Å². The lowest BCUT2D eigenvalue weighted by molar-refractivity contribution is 0.327. The van der Waals surface area contributed by atoms with Gasteiger partial charge in [-0.25, -0.2) is 8.42 Å². The third kappa shape index (κ3) is 4.33. The van der Waals surface area contributed by atoms with Gasteiger partial charge in [-0.2, -0.15) is 4.31 Å². The molecule has 2 aromatic carbocycles. The van der Waals surface area contributed by atoms with Gasteiger partial charge in [-0.3, -0.25) is 0 Å². The quantitative estimate of drug-likeness (QED) is 0.761. The summed E-state index contributed by atoms with van der Waals surface area (Å²) in [7, 11) is -3.62. The molecule has 1 aliphatic rings. The Balaban J connectivity index is 1.86. The summed E-state index contributed by atoms with van der Waals surface area (Å²) < 4.78 is 34.1. The number of anilines is 1. The Hall–Kier alpha value is -2.05. The van der Waals surface area contributed by atoms with Crippen molar-refractivity contribution in [3.63, 3.8) is 0 Å². The highest BCUT2D eigenvalue weighted by atomic mass is 32.2. The van der Waals surface area contributed by atoms with E-state index in [9.17, 15) is 8.42 Å². The highest BCUT2D eigenvalue weighted by molar-refractivity contribution is 7.89. The van der Waals surface area contributed by atoms with E-state index >= 15 is 0 Å². The Bertz CT molecular complexity index is 897. The fraction of sp³-hybridized carbons (Fsp3) is 0.455. The summed E-state index contributed by atoms with van der Waals surface area (Å²) in [6, 6.07) is 15.6. The van der Waals surface area contributed by atoms with Gasteiger partial charge in [0.1, 0.15) is 10.6 Å². The first-order chi connectivity index (χ1) is 13.2. The lowest BCUT2D eigenvalue weighted by atomic mass is 9.87. The van der Waals surface area contributed by atoms with Crippen LogP contribution in [0.1, 0.15) is 33.3 Å². The van der Waals surface area contributed by atoms with Crippen molar-refractivity contribution in [2.45, 2.75) is 38.0 Å². The molecule has 1 saturated heterocycles. The summed E-state index contributed by atoms with van der Waals surface area (Å²) in [5.74, 6) is 0.431. The zero-order valence-electron chi connectivity index (χ0n) is 17.2. The molecule has 0 amide bonds. The zero-order valence-corrected chi connectivity index (χ0v) is 18.0. The van der Waals surface area contributed by atoms with Gasteiger partial charge in [0.2, 0.25) is 10.0 Å². The average molecular weight is 403 g/mol. The van der Waals surface area contributed by atoms with E-state index in [2.05, 4.69) is 37.8 Å². The number of benzene rings is 2. The van der Waals surface area contributed by atoms with Crippen molar-refractivity contribution in [1.82, 2.24) is 4.31 Å². The molecule has 0 aromatic heterocycles. The lowest BCUT2D eigenvalue weighted by Crippen LogP contribution is -2.48. The van der Waals surface area contributed by atoms with Gasteiger partial charge < -0.3 is 9.64 Å². The molecule has 0 saturated carbocycles. The van der Waals surface area contributed by atoms with Crippen LogP contribution >= 0.6 is 0 Å². The molecular weight excluding hydrogens is 372 g/mol. The van der Waals surface area contributed by atoms with Crippen LogP contribution in [0.4, 0.5) is 5.69 Å². The molecule has 28 heavy (non-hydrogen) atoms. The Morgan fingerprint density at radius 1 is 0.964 bits per heavy atom. The van der Waals surface area contributed by atoms with Crippen molar-refractivity contribution >= 4 is 15.7 Å². The van der Waals surface area contributed by atoms with Crippen LogP contribution in [0.25, 0.3) is 0 Å². The predicted octanol–water partition coefficient (Wildman–Crippen LogP) is 3.89. The summed E-state index contributed by atoms with van der Waals surface area (Å²) in [5.41, 5.74) is 1.97. The van der Waals surface area contributed by atoms with Crippen molar-refractivity contribution in [1.29, 1.82) is 0 Å². The van der Waals surface area contributed by atoms with Gasteiger partial charge in [0, 0.05) is 31.9 Å². The van der Waals surface area contributed by atoms with Crippen LogP contribution in [0.15, 0.2) is 53.4 Å². The zero-order chi connectivity index (χ0) is 20.4. The lowest BCUT2D eigenvalue weighted by Gasteiger charge is -2.35. The van der Waals surface area contributed by atoms with Gasteiger partial charge in [-0.15, -0.1) is 0 Å². The first kappa shape index (κ1) is 20.7. The first-order valence-corrected chi connectivity index (χ1v) is 11.2. The molecule has 0 spiro atoms. The van der Waals surface area contributed by atoms with Gasteiger partial charge in [-0.05, 0) is 42.2 Å². The highest BCUT2D eigenvalue weighted by Crippen LogP contribution is 2.33. The number of ether oxygens (including phenoxy) is 1. The van der Waals surface area contributed by atoms with Crippen molar-refractivity contribution in [2.24, 2.45) is 0 Å². The van der Waals surface area contributed by atoms with E-state index in [-0.39, 0.29) is 10.3 Å². The van der Waals surface area contributed by atoms with E-state index in [0.29, 0.717) is 38.5 Å². The number of sulfonamides is 1. The number of nitrogens with zero attached hydrogens (tertiary/aromatic N) is 2. The molecule has 1 heterocycles. The number of rotatable bonds is 5. The van der Waals surface area contributed by atoms with Crippen LogP contribution in [0, 0.1) is 0 Å². The van der Waals surface area contributed by atoms with E-state index in [1.54, 1.807) is 16.4 Å². The summed E-state index contributed by atoms with van der Waals surface area (Å²) in [4.78, 5) is 2.50. The number of para-hydroxylation sites is 1. The van der Waals surface area contributed by atoms with E-state index in [4.69, 9.17) is 4.74 Å². The SMILES string of the molecule is CCOc1ccc(C(C)(C)C)cc1S(=O)(=O)N1CCN(c2ccccc2)CC1. The summed E-state index contributed by atoms with van der Waals surface area (Å²) in [6.45, 7) is 10.8. The van der Waals surface area contributed by atoms with Crippen LogP contribution < -0.4 is 9.64 Å². The Labute approximate surface area is 169 Å². The third-order valence-corrected chi connectivity index (χ3v) is 7.01. The van der Waals surface area contributed by atoms with Gasteiger partial charge in [0.25, 0.3) is 0 Å². The Morgan fingerprint density at radius 3 is 2.18 bits per heavy atom. The fourth-order valence-corrected chi connectivity index (χ4v) is 4.99. The van der Waals surface area contributed by atoms with Gasteiger partial charge in [0.15, 0.2) is 0 Å². The second kappa shape index (κ2) is 8.13.